The van der Waals surface area contributed by atoms with Crippen LogP contribution in [0.1, 0.15) is 19.4 Å². The molecule has 0 saturated carbocycles. The maximum atomic E-state index is 12.9. The van der Waals surface area contributed by atoms with Crippen molar-refractivity contribution in [3.05, 3.63) is 51.4 Å². The van der Waals surface area contributed by atoms with E-state index in [-0.39, 0.29) is 17.1 Å². The molecule has 27 heavy (non-hydrogen) atoms. The minimum Gasteiger partial charge on any atom is -0.495 e. The number of hydrogen-bond acceptors (Lipinski definition) is 5. The number of carbonyl (C=O) groups is 1. The monoisotopic (exact) mass is 371 g/mol. The number of carbonyl (C=O) groups excluding carboxylic acids is 1. The molecule has 9 heteroatoms. The number of fused-ring (bicyclic) bond motifs is 1. The first-order valence-electron chi connectivity index (χ1n) is 8.47. The molecule has 1 atom stereocenters. The highest BCUT2D eigenvalue weighted by molar-refractivity contribution is 5.95. The van der Waals surface area contributed by atoms with Gasteiger partial charge in [-0.15, -0.1) is 0 Å². The molecular formula is C18H21N5O4. The summed E-state index contributed by atoms with van der Waals surface area (Å²) in [5, 5.41) is 2.84. The van der Waals surface area contributed by atoms with Crippen molar-refractivity contribution in [3.63, 3.8) is 0 Å². The van der Waals surface area contributed by atoms with Crippen LogP contribution >= 0.6 is 0 Å². The molecule has 0 radical (unpaired) electrons. The second-order valence-electron chi connectivity index (χ2n) is 6.14. The molecule has 0 unspecified atom stereocenters. The molecule has 0 aliphatic carbocycles. The molecule has 2 aromatic heterocycles. The molecule has 3 rings (SSSR count). The van der Waals surface area contributed by atoms with Gasteiger partial charge in [-0.05, 0) is 18.6 Å². The Balaban J connectivity index is 2.07. The molecule has 0 spiro atoms. The highest BCUT2D eigenvalue weighted by Crippen LogP contribution is 2.25. The Morgan fingerprint density at radius 3 is 2.59 bits per heavy atom. The SMILES string of the molecule is CC[C@@H](C(=O)Nc1ccccc1OC)n1cnc2c1c(=O)n(C)c(=O)n2C. The molecule has 3 aromatic rings. The van der Waals surface area contributed by atoms with Crippen molar-refractivity contribution in [3.8, 4) is 5.75 Å². The largest absolute Gasteiger partial charge is 0.495 e. The highest BCUT2D eigenvalue weighted by Gasteiger charge is 2.24. The van der Waals surface area contributed by atoms with Crippen LogP contribution in [-0.2, 0) is 18.9 Å². The predicted octanol–water partition coefficient (Wildman–Crippen LogP) is 1.03. The Labute approximate surface area is 154 Å². The van der Waals surface area contributed by atoms with Crippen LogP contribution in [0, 0.1) is 0 Å². The lowest BCUT2D eigenvalue weighted by Crippen LogP contribution is -2.38. The second kappa shape index (κ2) is 7.10. The van der Waals surface area contributed by atoms with Crippen molar-refractivity contribution in [1.82, 2.24) is 18.7 Å². The van der Waals surface area contributed by atoms with Crippen molar-refractivity contribution in [2.75, 3.05) is 12.4 Å². The molecular weight excluding hydrogens is 350 g/mol. The Hall–Kier alpha value is -3.36. The van der Waals surface area contributed by atoms with E-state index < -0.39 is 17.3 Å². The summed E-state index contributed by atoms with van der Waals surface area (Å²) in [7, 11) is 4.46. The molecule has 0 aliphatic heterocycles. The van der Waals surface area contributed by atoms with Crippen LogP contribution in [0.15, 0.2) is 40.2 Å². The molecule has 2 heterocycles. The van der Waals surface area contributed by atoms with Gasteiger partial charge in [0, 0.05) is 14.1 Å². The van der Waals surface area contributed by atoms with Gasteiger partial charge in [-0.25, -0.2) is 9.78 Å². The normalized spacial score (nSPS) is 12.1. The maximum Gasteiger partial charge on any atom is 0.332 e. The van der Waals surface area contributed by atoms with Crippen molar-refractivity contribution in [1.29, 1.82) is 0 Å². The fourth-order valence-corrected chi connectivity index (χ4v) is 3.07. The van der Waals surface area contributed by atoms with Crippen molar-refractivity contribution >= 4 is 22.8 Å². The number of hydrogen-bond donors (Lipinski definition) is 1. The number of benzene rings is 1. The van der Waals surface area contributed by atoms with E-state index in [1.165, 1.54) is 36.7 Å². The van der Waals surface area contributed by atoms with E-state index in [1.807, 2.05) is 6.92 Å². The minimum absolute atomic E-state index is 0.210. The number of rotatable bonds is 5. The summed E-state index contributed by atoms with van der Waals surface area (Å²) in [6, 6.07) is 6.40. The number of aromatic nitrogens is 4. The van der Waals surface area contributed by atoms with Crippen LogP contribution in [0.4, 0.5) is 5.69 Å². The summed E-state index contributed by atoms with van der Waals surface area (Å²) in [5.74, 6) is 0.228. The number of methoxy groups -OCH3 is 1. The molecule has 142 valence electrons. The number of amides is 1. The third-order valence-corrected chi connectivity index (χ3v) is 4.56. The van der Waals surface area contributed by atoms with E-state index in [2.05, 4.69) is 10.3 Å². The number of nitrogens with one attached hydrogen (secondary N) is 1. The Bertz CT molecular complexity index is 1120. The molecule has 1 N–H and O–H groups in total. The average Bonchev–Trinajstić information content (AvgIpc) is 3.10. The Morgan fingerprint density at radius 2 is 1.93 bits per heavy atom. The van der Waals surface area contributed by atoms with Crippen LogP contribution in [0.25, 0.3) is 11.2 Å². The molecule has 9 nitrogen and oxygen atoms in total. The van der Waals surface area contributed by atoms with Gasteiger partial charge in [-0.1, -0.05) is 19.1 Å². The van der Waals surface area contributed by atoms with E-state index in [0.717, 1.165) is 4.57 Å². The van der Waals surface area contributed by atoms with Gasteiger partial charge >= 0.3 is 5.69 Å². The second-order valence-corrected chi connectivity index (χ2v) is 6.14. The first-order chi connectivity index (χ1) is 12.9. The molecule has 0 bridgehead atoms. The van der Waals surface area contributed by atoms with Gasteiger partial charge in [0.25, 0.3) is 5.56 Å². The standard InChI is InChI=1S/C18H21N5O4/c1-5-12(16(24)20-11-8-6-7-9-13(11)27-4)23-10-19-15-14(23)17(25)22(3)18(26)21(15)2/h6-10,12H,5H2,1-4H3,(H,20,24)/t12-/m0/s1. The Kier molecular flexibility index (Phi) is 4.85. The lowest BCUT2D eigenvalue weighted by atomic mass is 10.2. The van der Waals surface area contributed by atoms with E-state index in [1.54, 1.807) is 24.3 Å². The zero-order valence-corrected chi connectivity index (χ0v) is 15.6. The molecule has 0 saturated heterocycles. The van der Waals surface area contributed by atoms with Gasteiger partial charge in [0.05, 0.1) is 19.1 Å². The van der Waals surface area contributed by atoms with Crippen LogP contribution in [0.2, 0.25) is 0 Å². The number of anilines is 1. The third-order valence-electron chi connectivity index (χ3n) is 4.56. The molecule has 0 aliphatic rings. The highest BCUT2D eigenvalue weighted by atomic mass is 16.5. The fourth-order valence-electron chi connectivity index (χ4n) is 3.07. The summed E-state index contributed by atoms with van der Waals surface area (Å²) < 4.78 is 9.07. The van der Waals surface area contributed by atoms with Crippen LogP contribution in [0.3, 0.4) is 0 Å². The summed E-state index contributed by atoms with van der Waals surface area (Å²) in [6.45, 7) is 1.84. The number of aryl methyl sites for hydroxylation is 1. The molecule has 1 aromatic carbocycles. The first-order valence-corrected chi connectivity index (χ1v) is 8.47. The van der Waals surface area contributed by atoms with Gasteiger partial charge in [0.2, 0.25) is 5.91 Å². The third kappa shape index (κ3) is 3.01. The maximum absolute atomic E-state index is 12.9. The average molecular weight is 371 g/mol. The smallest absolute Gasteiger partial charge is 0.332 e. The quantitative estimate of drug-likeness (QED) is 0.722. The number of nitrogens with zero attached hydrogens (tertiary/aromatic N) is 4. The summed E-state index contributed by atoms with van der Waals surface area (Å²) in [6.07, 6.45) is 1.85. The van der Waals surface area contributed by atoms with Crippen LogP contribution in [-0.4, -0.2) is 31.7 Å². The number of para-hydroxylation sites is 2. The molecule has 0 fully saturated rings. The van der Waals surface area contributed by atoms with Crippen LogP contribution < -0.4 is 21.3 Å². The summed E-state index contributed by atoms with van der Waals surface area (Å²) >= 11 is 0. The van der Waals surface area contributed by atoms with Gasteiger partial charge in [-0.3, -0.25) is 18.7 Å². The van der Waals surface area contributed by atoms with E-state index in [0.29, 0.717) is 17.9 Å². The van der Waals surface area contributed by atoms with Gasteiger partial charge < -0.3 is 14.6 Å². The van der Waals surface area contributed by atoms with E-state index >= 15 is 0 Å². The van der Waals surface area contributed by atoms with Gasteiger partial charge in [0.1, 0.15) is 11.8 Å². The first kappa shape index (κ1) is 18.4. The van der Waals surface area contributed by atoms with E-state index in [9.17, 15) is 14.4 Å². The zero-order valence-electron chi connectivity index (χ0n) is 15.6. The van der Waals surface area contributed by atoms with Crippen LogP contribution in [0.5, 0.6) is 5.75 Å². The fraction of sp³-hybridized carbons (Fsp3) is 0.333. The van der Waals surface area contributed by atoms with Gasteiger partial charge in [-0.2, -0.15) is 0 Å². The summed E-state index contributed by atoms with van der Waals surface area (Å²) in [5.41, 5.74) is 0.0276. The summed E-state index contributed by atoms with van der Waals surface area (Å²) in [4.78, 5) is 41.8. The predicted molar refractivity (Wildman–Crippen MR) is 101 cm³/mol. The number of ether oxygens (including phenoxy) is 1. The number of imidazole rings is 1. The topological polar surface area (TPSA) is 100 Å². The molecule has 1 amide bonds. The lowest BCUT2D eigenvalue weighted by molar-refractivity contribution is -0.119. The zero-order chi connectivity index (χ0) is 19.7. The van der Waals surface area contributed by atoms with E-state index in [4.69, 9.17) is 4.74 Å². The van der Waals surface area contributed by atoms with Crippen molar-refractivity contribution in [2.24, 2.45) is 14.1 Å². The lowest BCUT2D eigenvalue weighted by Gasteiger charge is -2.18. The minimum atomic E-state index is -0.676. The van der Waals surface area contributed by atoms with Crippen molar-refractivity contribution in [2.45, 2.75) is 19.4 Å². The van der Waals surface area contributed by atoms with Gasteiger partial charge in [0.15, 0.2) is 11.2 Å². The Morgan fingerprint density at radius 1 is 1.22 bits per heavy atom. The van der Waals surface area contributed by atoms with Crippen molar-refractivity contribution < 1.29 is 9.53 Å².